The summed E-state index contributed by atoms with van der Waals surface area (Å²) in [4.78, 5) is 76.2. The van der Waals surface area contributed by atoms with Crippen molar-refractivity contribution in [1.82, 2.24) is 36.1 Å². The largest absolute Gasteiger partial charge is 0.492 e. The van der Waals surface area contributed by atoms with Gasteiger partial charge in [0.15, 0.2) is 0 Å². The van der Waals surface area contributed by atoms with Crippen LogP contribution >= 0.6 is 0 Å². The van der Waals surface area contributed by atoms with Gasteiger partial charge < -0.3 is 40.6 Å². The number of ether oxygens (including phenoxy) is 2. The average Bonchev–Trinajstić information content (AvgIpc) is 3.61. The Balaban J connectivity index is 1.31. The van der Waals surface area contributed by atoms with E-state index in [1.807, 2.05) is 62.4 Å². The van der Waals surface area contributed by atoms with Crippen molar-refractivity contribution in [1.29, 1.82) is 0 Å². The second-order valence-electron chi connectivity index (χ2n) is 15.0. The van der Waals surface area contributed by atoms with Crippen LogP contribution in [0.15, 0.2) is 79.0 Å². The number of hydrogen-bond acceptors (Lipinski definition) is 8. The number of carbonyl (C=O) groups is 5. The Hall–Kier alpha value is -5.73. The molecule has 2 bridgehead atoms. The first-order valence-corrected chi connectivity index (χ1v) is 19.6. The molecule has 14 nitrogen and oxygen atoms in total. The minimum Gasteiger partial charge on any atom is -0.492 e. The van der Waals surface area contributed by atoms with E-state index in [1.54, 1.807) is 18.3 Å². The van der Waals surface area contributed by atoms with Crippen LogP contribution < -0.4 is 26.0 Å². The van der Waals surface area contributed by atoms with Gasteiger partial charge in [0.1, 0.15) is 30.5 Å². The van der Waals surface area contributed by atoms with Crippen LogP contribution in [0.4, 0.5) is 0 Å². The lowest BCUT2D eigenvalue weighted by Gasteiger charge is -2.30. The summed E-state index contributed by atoms with van der Waals surface area (Å²) in [5.41, 5.74) is 4.85. The highest BCUT2D eigenvalue weighted by Gasteiger charge is 2.33. The van der Waals surface area contributed by atoms with E-state index in [-0.39, 0.29) is 70.0 Å². The third kappa shape index (κ3) is 11.0. The molecule has 0 spiro atoms. The Kier molecular flexibility index (Phi) is 13.9. The van der Waals surface area contributed by atoms with E-state index in [9.17, 15) is 24.0 Å². The van der Waals surface area contributed by atoms with Crippen molar-refractivity contribution in [3.8, 4) is 5.75 Å². The quantitative estimate of drug-likeness (QED) is 0.161. The van der Waals surface area contributed by atoms with Crippen LogP contribution in [0.25, 0.3) is 10.9 Å². The van der Waals surface area contributed by atoms with Crippen LogP contribution in [0, 0.1) is 5.92 Å². The number of H-pyrrole nitrogens is 1. The van der Waals surface area contributed by atoms with Crippen LogP contribution in [0.5, 0.6) is 5.75 Å². The Bertz CT molecular complexity index is 2030. The fourth-order valence-corrected chi connectivity index (χ4v) is 7.36. The summed E-state index contributed by atoms with van der Waals surface area (Å²) in [6.45, 7) is 5.23. The van der Waals surface area contributed by atoms with Gasteiger partial charge in [0.25, 0.3) is 0 Å². The number of hydrogen-bond donors (Lipinski definition) is 5. The lowest BCUT2D eigenvalue weighted by Crippen LogP contribution is -2.58. The smallest absolute Gasteiger partial charge is 0.246 e. The third-order valence-electron chi connectivity index (χ3n) is 10.5. The first kappa shape index (κ1) is 40.9. The topological polar surface area (TPSA) is 174 Å². The average molecular weight is 780 g/mol. The molecule has 0 saturated heterocycles. The summed E-state index contributed by atoms with van der Waals surface area (Å²) in [7, 11) is 1.49. The van der Waals surface area contributed by atoms with Gasteiger partial charge in [-0.25, -0.2) is 0 Å². The SMILES string of the molecule is COCCN1CC(=O)N[C@@H](C(C)C)C(=O)NCCOc2ccc(cc2)C[C@H](NC(=O)CN2CCc3ccccc3C2)C(=O)N[C@@H](Cc2c[nH]c3ccccc23)C1=O. The van der Waals surface area contributed by atoms with Crippen LogP contribution in [0.3, 0.4) is 0 Å². The Morgan fingerprint density at radius 1 is 0.930 bits per heavy atom. The molecule has 5 amide bonds. The van der Waals surface area contributed by atoms with Gasteiger partial charge in [0, 0.05) is 56.7 Å². The molecule has 3 atom stereocenters. The minimum absolute atomic E-state index is 0.0460. The maximum atomic E-state index is 14.6. The summed E-state index contributed by atoms with van der Waals surface area (Å²) in [6, 6.07) is 20.0. The molecule has 4 heterocycles. The van der Waals surface area contributed by atoms with Crippen molar-refractivity contribution < 1.29 is 33.4 Å². The van der Waals surface area contributed by atoms with Gasteiger partial charge in [-0.2, -0.15) is 0 Å². The maximum absolute atomic E-state index is 14.6. The number of carbonyl (C=O) groups excluding carboxylic acids is 5. The van der Waals surface area contributed by atoms with E-state index >= 15 is 0 Å². The molecule has 0 fully saturated rings. The second-order valence-corrected chi connectivity index (χ2v) is 15.0. The summed E-state index contributed by atoms with van der Waals surface area (Å²) >= 11 is 0. The van der Waals surface area contributed by atoms with Gasteiger partial charge >= 0.3 is 0 Å². The predicted octanol–water partition coefficient (Wildman–Crippen LogP) is 2.11. The molecule has 5 N–H and O–H groups in total. The summed E-state index contributed by atoms with van der Waals surface area (Å²) in [5, 5.41) is 12.5. The molecule has 14 heteroatoms. The first-order valence-electron chi connectivity index (χ1n) is 19.6. The molecule has 0 saturated carbocycles. The number of amides is 5. The molecule has 302 valence electrons. The zero-order chi connectivity index (χ0) is 40.3. The molecular formula is C43H53N7O7. The molecule has 57 heavy (non-hydrogen) atoms. The molecular weight excluding hydrogens is 727 g/mol. The Morgan fingerprint density at radius 2 is 1.68 bits per heavy atom. The second kappa shape index (κ2) is 19.4. The van der Waals surface area contributed by atoms with E-state index < -0.39 is 35.8 Å². The number of aromatic amines is 1. The van der Waals surface area contributed by atoms with E-state index in [1.165, 1.54) is 23.1 Å². The monoisotopic (exact) mass is 779 g/mol. The highest BCUT2D eigenvalue weighted by atomic mass is 16.5. The highest BCUT2D eigenvalue weighted by Crippen LogP contribution is 2.21. The zero-order valence-electron chi connectivity index (χ0n) is 32.8. The molecule has 4 aromatic rings. The van der Waals surface area contributed by atoms with Gasteiger partial charge in [-0.1, -0.05) is 68.4 Å². The Morgan fingerprint density at radius 3 is 2.46 bits per heavy atom. The van der Waals surface area contributed by atoms with Crippen molar-refractivity contribution in [2.24, 2.45) is 5.92 Å². The summed E-state index contributed by atoms with van der Waals surface area (Å²) in [5.74, 6) is -1.98. The molecule has 0 unspecified atom stereocenters. The van der Waals surface area contributed by atoms with Crippen LogP contribution in [-0.4, -0.2) is 115 Å². The number of rotatable bonds is 9. The van der Waals surface area contributed by atoms with Crippen molar-refractivity contribution >= 4 is 40.4 Å². The predicted molar refractivity (Wildman–Crippen MR) is 215 cm³/mol. The molecule has 1 aromatic heterocycles. The number of benzene rings is 3. The van der Waals surface area contributed by atoms with Crippen molar-refractivity contribution in [3.05, 3.63) is 101 Å². The fraction of sp³-hybridized carbons (Fsp3) is 0.419. The summed E-state index contributed by atoms with van der Waals surface area (Å²) in [6.07, 6.45) is 2.86. The number of aromatic nitrogens is 1. The molecule has 7 rings (SSSR count). The van der Waals surface area contributed by atoms with Crippen molar-refractivity contribution in [2.75, 3.05) is 53.0 Å². The van der Waals surface area contributed by atoms with E-state index in [4.69, 9.17) is 9.47 Å². The lowest BCUT2D eigenvalue weighted by molar-refractivity contribution is -0.141. The maximum Gasteiger partial charge on any atom is 0.246 e. The fourth-order valence-electron chi connectivity index (χ4n) is 7.36. The van der Waals surface area contributed by atoms with Gasteiger partial charge in [0.05, 0.1) is 26.2 Å². The number of nitrogens with zero attached hydrogens (tertiary/aromatic N) is 2. The Labute approximate surface area is 333 Å². The number of fused-ring (bicyclic) bond motifs is 19. The minimum atomic E-state index is -1.13. The first-order chi connectivity index (χ1) is 27.6. The van der Waals surface area contributed by atoms with Crippen LogP contribution in [-0.2, 0) is 54.5 Å². The molecule has 3 aromatic carbocycles. The van der Waals surface area contributed by atoms with Gasteiger partial charge in [-0.3, -0.25) is 28.9 Å². The lowest BCUT2D eigenvalue weighted by atomic mass is 10.00. The van der Waals surface area contributed by atoms with Crippen LogP contribution in [0.1, 0.15) is 36.1 Å². The van der Waals surface area contributed by atoms with E-state index in [0.29, 0.717) is 18.8 Å². The third-order valence-corrected chi connectivity index (χ3v) is 10.5. The zero-order valence-corrected chi connectivity index (χ0v) is 32.8. The van der Waals surface area contributed by atoms with Gasteiger partial charge in [-0.15, -0.1) is 0 Å². The number of para-hydroxylation sites is 1. The molecule has 0 aliphatic carbocycles. The van der Waals surface area contributed by atoms with Crippen molar-refractivity contribution in [2.45, 2.75) is 57.8 Å². The van der Waals surface area contributed by atoms with Gasteiger partial charge in [0.2, 0.25) is 29.5 Å². The molecule has 3 aliphatic rings. The summed E-state index contributed by atoms with van der Waals surface area (Å²) < 4.78 is 11.2. The number of nitrogens with one attached hydrogen (secondary N) is 5. The normalized spacial score (nSPS) is 20.4. The standard InChI is InChI=1S/C43H53N7O7/c1-28(2)40-42(54)44-17-20-57-33-14-12-29(13-15-33)22-36(46-38(51)26-49-18-16-30-8-4-5-9-31(30)25-49)41(53)47-37(23-32-24-45-35-11-7-6-10-34(32)35)43(55)50(19-21-56-3)27-39(52)48-40/h4-15,24,28,36-37,40,45H,16-23,25-27H2,1-3H3,(H,44,54)(H,46,51)(H,47,53)(H,48,52)/t36-,37-,40-/m0/s1. The van der Waals surface area contributed by atoms with Crippen molar-refractivity contribution in [3.63, 3.8) is 0 Å². The van der Waals surface area contributed by atoms with E-state index in [2.05, 4.69) is 43.3 Å². The highest BCUT2D eigenvalue weighted by molar-refractivity contribution is 5.95. The van der Waals surface area contributed by atoms with E-state index in [0.717, 1.165) is 28.5 Å². The molecule has 3 aliphatic heterocycles. The van der Waals surface area contributed by atoms with Gasteiger partial charge in [-0.05, 0) is 52.8 Å². The number of methoxy groups -OCH3 is 1. The van der Waals surface area contributed by atoms with Crippen LogP contribution in [0.2, 0.25) is 0 Å². The molecule has 0 radical (unpaired) electrons.